The Hall–Kier alpha value is -2.91. The van der Waals surface area contributed by atoms with Crippen molar-refractivity contribution in [2.75, 3.05) is 0 Å². The quantitative estimate of drug-likeness (QED) is 0.284. The fourth-order valence-corrected chi connectivity index (χ4v) is 4.57. The first kappa shape index (κ1) is 14.3. The van der Waals surface area contributed by atoms with Crippen LogP contribution >= 0.6 is 15.9 Å². The van der Waals surface area contributed by atoms with Gasteiger partial charge in [-0.25, -0.2) is 0 Å². The van der Waals surface area contributed by atoms with E-state index in [1.165, 1.54) is 0 Å². The van der Waals surface area contributed by atoms with Crippen LogP contribution in [-0.2, 0) is 0 Å². The van der Waals surface area contributed by atoms with E-state index in [0.29, 0.717) is 0 Å². The molecule has 0 bridgehead atoms. The lowest BCUT2D eigenvalue weighted by molar-refractivity contribution is 0.104. The zero-order valence-electron chi connectivity index (χ0n) is 13.5. The Balaban J connectivity index is 1.95. The molecule has 0 radical (unpaired) electrons. The van der Waals surface area contributed by atoms with Crippen LogP contribution in [0.2, 0.25) is 0 Å². The summed E-state index contributed by atoms with van der Waals surface area (Å²) in [5.74, 6) is 0.0647. The molecular formula is C23H11BrO2. The van der Waals surface area contributed by atoms with E-state index >= 15 is 0 Å². The molecule has 0 unspecified atom stereocenters. The summed E-state index contributed by atoms with van der Waals surface area (Å²) >= 11 is 3.49. The van der Waals surface area contributed by atoms with Gasteiger partial charge >= 0.3 is 0 Å². The Labute approximate surface area is 157 Å². The summed E-state index contributed by atoms with van der Waals surface area (Å²) in [7, 11) is 0. The average Bonchev–Trinajstić information content (AvgIpc) is 3.18. The smallest absolute Gasteiger partial charge is 0.195 e. The summed E-state index contributed by atoms with van der Waals surface area (Å²) in [6, 6.07) is 22.1. The van der Waals surface area contributed by atoms with Crippen molar-refractivity contribution >= 4 is 54.4 Å². The summed E-state index contributed by atoms with van der Waals surface area (Å²) in [6.07, 6.45) is 0. The molecule has 0 aliphatic heterocycles. The van der Waals surface area contributed by atoms with Crippen LogP contribution in [0.1, 0.15) is 15.9 Å². The van der Waals surface area contributed by atoms with Gasteiger partial charge in [0.05, 0.1) is 0 Å². The number of hydrogen-bond donors (Lipinski definition) is 0. The number of carbonyl (C=O) groups excluding carboxylic acids is 1. The van der Waals surface area contributed by atoms with E-state index < -0.39 is 0 Å². The summed E-state index contributed by atoms with van der Waals surface area (Å²) in [5, 5.41) is 4.21. The molecule has 122 valence electrons. The van der Waals surface area contributed by atoms with Crippen molar-refractivity contribution in [3.05, 3.63) is 82.3 Å². The summed E-state index contributed by atoms with van der Waals surface area (Å²) in [6.45, 7) is 0. The molecule has 26 heavy (non-hydrogen) atoms. The third-order valence-electron chi connectivity index (χ3n) is 5.26. The van der Waals surface area contributed by atoms with Gasteiger partial charge in [0.2, 0.25) is 0 Å². The van der Waals surface area contributed by atoms with Crippen LogP contribution in [0.5, 0.6) is 0 Å². The largest absolute Gasteiger partial charge is 0.455 e. The lowest BCUT2D eigenvalue weighted by Crippen LogP contribution is -1.96. The fourth-order valence-electron chi connectivity index (χ4n) is 4.21. The minimum atomic E-state index is 0.0647. The average molecular weight is 399 g/mol. The van der Waals surface area contributed by atoms with Crippen LogP contribution in [0, 0.1) is 0 Å². The first-order valence-electron chi connectivity index (χ1n) is 8.44. The fraction of sp³-hybridized carbons (Fsp3) is 0. The SMILES string of the molecule is O=C1c2cc(Br)ccc2-c2c1c1ccccc1c1c2oc2ccccc21. The Morgan fingerprint density at radius 2 is 1.46 bits per heavy atom. The zero-order valence-corrected chi connectivity index (χ0v) is 15.1. The van der Waals surface area contributed by atoms with Crippen LogP contribution in [-0.4, -0.2) is 5.78 Å². The predicted molar refractivity (Wildman–Crippen MR) is 108 cm³/mol. The number of furan rings is 1. The molecule has 5 aromatic rings. The highest BCUT2D eigenvalue weighted by Crippen LogP contribution is 2.48. The Bertz CT molecular complexity index is 1410. The molecule has 0 N–H and O–H groups in total. The molecule has 6 rings (SSSR count). The predicted octanol–water partition coefficient (Wildman–Crippen LogP) is 6.71. The Kier molecular flexibility index (Phi) is 2.65. The standard InChI is InChI=1S/C23H11BrO2/c24-12-9-10-15-17(11-12)22(25)20-14-6-2-1-5-13(14)19-16-7-3-4-8-18(16)26-23(19)21(15)20/h1-11H. The van der Waals surface area contributed by atoms with E-state index in [1.807, 2.05) is 54.6 Å². The van der Waals surface area contributed by atoms with E-state index in [2.05, 4.69) is 28.1 Å². The van der Waals surface area contributed by atoms with Crippen molar-refractivity contribution in [2.24, 2.45) is 0 Å². The third-order valence-corrected chi connectivity index (χ3v) is 5.75. The van der Waals surface area contributed by atoms with E-state index in [4.69, 9.17) is 4.42 Å². The van der Waals surface area contributed by atoms with Crippen molar-refractivity contribution in [3.63, 3.8) is 0 Å². The number of fused-ring (bicyclic) bond motifs is 10. The zero-order chi connectivity index (χ0) is 17.4. The molecular weight excluding hydrogens is 388 g/mol. The number of ketones is 1. The summed E-state index contributed by atoms with van der Waals surface area (Å²) in [4.78, 5) is 13.3. The van der Waals surface area contributed by atoms with Crippen molar-refractivity contribution in [2.45, 2.75) is 0 Å². The Morgan fingerprint density at radius 3 is 2.31 bits per heavy atom. The molecule has 0 fully saturated rings. The highest BCUT2D eigenvalue weighted by Gasteiger charge is 2.33. The molecule has 1 aromatic heterocycles. The molecule has 0 spiro atoms. The van der Waals surface area contributed by atoms with Gasteiger partial charge in [0.25, 0.3) is 0 Å². The van der Waals surface area contributed by atoms with E-state index in [0.717, 1.165) is 59.4 Å². The second kappa shape index (κ2) is 4.83. The van der Waals surface area contributed by atoms with Gasteiger partial charge in [0, 0.05) is 31.9 Å². The van der Waals surface area contributed by atoms with Crippen LogP contribution in [0.15, 0.2) is 75.6 Å². The van der Waals surface area contributed by atoms with Crippen LogP contribution in [0.3, 0.4) is 0 Å². The number of halogens is 1. The molecule has 0 saturated carbocycles. The third kappa shape index (κ3) is 1.64. The van der Waals surface area contributed by atoms with Gasteiger partial charge in [-0.2, -0.15) is 0 Å². The minimum absolute atomic E-state index is 0.0647. The Morgan fingerprint density at radius 1 is 0.731 bits per heavy atom. The molecule has 1 heterocycles. The van der Waals surface area contributed by atoms with Crippen LogP contribution in [0.4, 0.5) is 0 Å². The van der Waals surface area contributed by atoms with Gasteiger partial charge in [0.1, 0.15) is 11.2 Å². The maximum atomic E-state index is 13.3. The van der Waals surface area contributed by atoms with Crippen molar-refractivity contribution in [1.29, 1.82) is 0 Å². The highest BCUT2D eigenvalue weighted by atomic mass is 79.9. The first-order chi connectivity index (χ1) is 12.7. The minimum Gasteiger partial charge on any atom is -0.455 e. The van der Waals surface area contributed by atoms with Gasteiger partial charge in [-0.1, -0.05) is 64.5 Å². The lowest BCUT2D eigenvalue weighted by atomic mass is 9.94. The van der Waals surface area contributed by atoms with Crippen molar-refractivity contribution in [1.82, 2.24) is 0 Å². The van der Waals surface area contributed by atoms with E-state index in [9.17, 15) is 4.79 Å². The number of rotatable bonds is 0. The molecule has 0 atom stereocenters. The second-order valence-corrected chi connectivity index (χ2v) is 7.53. The molecule has 2 nitrogen and oxygen atoms in total. The monoisotopic (exact) mass is 398 g/mol. The molecule has 3 heteroatoms. The number of benzene rings is 4. The van der Waals surface area contributed by atoms with Gasteiger partial charge in [-0.15, -0.1) is 0 Å². The highest BCUT2D eigenvalue weighted by molar-refractivity contribution is 9.10. The maximum Gasteiger partial charge on any atom is 0.195 e. The van der Waals surface area contributed by atoms with Gasteiger partial charge in [-0.3, -0.25) is 4.79 Å². The van der Waals surface area contributed by atoms with Crippen LogP contribution in [0.25, 0.3) is 43.8 Å². The molecule has 1 aliphatic rings. The second-order valence-electron chi connectivity index (χ2n) is 6.62. The van der Waals surface area contributed by atoms with Crippen molar-refractivity contribution in [3.8, 4) is 11.1 Å². The molecule has 0 amide bonds. The molecule has 1 aliphatic carbocycles. The molecule has 4 aromatic carbocycles. The van der Waals surface area contributed by atoms with Gasteiger partial charge in [-0.05, 0) is 34.5 Å². The van der Waals surface area contributed by atoms with E-state index in [-0.39, 0.29) is 5.78 Å². The van der Waals surface area contributed by atoms with E-state index in [1.54, 1.807) is 0 Å². The summed E-state index contributed by atoms with van der Waals surface area (Å²) < 4.78 is 7.18. The number of para-hydroxylation sites is 1. The number of hydrogen-bond acceptors (Lipinski definition) is 2. The molecule has 0 saturated heterocycles. The maximum absolute atomic E-state index is 13.3. The van der Waals surface area contributed by atoms with Crippen LogP contribution < -0.4 is 0 Å². The normalized spacial score (nSPS) is 12.9. The summed E-state index contributed by atoms with van der Waals surface area (Å²) in [5.41, 5.74) is 4.99. The van der Waals surface area contributed by atoms with Gasteiger partial charge < -0.3 is 4.42 Å². The topological polar surface area (TPSA) is 30.2 Å². The lowest BCUT2D eigenvalue weighted by Gasteiger charge is -2.07. The van der Waals surface area contributed by atoms with Crippen molar-refractivity contribution < 1.29 is 9.21 Å². The first-order valence-corrected chi connectivity index (χ1v) is 9.24. The number of carbonyl (C=O) groups is 1. The van der Waals surface area contributed by atoms with Gasteiger partial charge in [0.15, 0.2) is 5.78 Å².